The molecule has 22 heavy (non-hydrogen) atoms. The summed E-state index contributed by atoms with van der Waals surface area (Å²) >= 11 is 0. The molecule has 1 aromatic carbocycles. The van der Waals surface area contributed by atoms with Crippen molar-refractivity contribution in [3.8, 4) is 0 Å². The zero-order valence-corrected chi connectivity index (χ0v) is 13.6. The zero-order chi connectivity index (χ0) is 16.1. The Labute approximate surface area is 131 Å². The van der Waals surface area contributed by atoms with Crippen LogP contribution in [0.4, 0.5) is 4.79 Å². The molecule has 0 aliphatic rings. The molecule has 1 aromatic heterocycles. The fourth-order valence-electron chi connectivity index (χ4n) is 2.23. The molecule has 0 radical (unpaired) electrons. The van der Waals surface area contributed by atoms with Crippen LogP contribution in [0.2, 0.25) is 0 Å². The van der Waals surface area contributed by atoms with E-state index in [4.69, 9.17) is 4.52 Å². The number of hydrogen-bond acceptors (Lipinski definition) is 3. The van der Waals surface area contributed by atoms with E-state index in [1.165, 1.54) is 5.56 Å². The molecule has 0 spiro atoms. The highest BCUT2D eigenvalue weighted by atomic mass is 16.5. The van der Waals surface area contributed by atoms with E-state index < -0.39 is 0 Å². The quantitative estimate of drug-likeness (QED) is 0.920. The molecule has 2 amide bonds. The van der Waals surface area contributed by atoms with E-state index in [1.54, 1.807) is 11.9 Å². The summed E-state index contributed by atoms with van der Waals surface area (Å²) in [5.74, 6) is 0.744. The van der Waals surface area contributed by atoms with E-state index in [9.17, 15) is 4.79 Å². The number of nitrogens with zero attached hydrogens (tertiary/aromatic N) is 2. The summed E-state index contributed by atoms with van der Waals surface area (Å²) in [4.78, 5) is 13.8. The average Bonchev–Trinajstić information content (AvgIpc) is 2.92. The molecule has 118 valence electrons. The number of rotatable bonds is 5. The van der Waals surface area contributed by atoms with Crippen LogP contribution in [0.1, 0.15) is 42.5 Å². The third kappa shape index (κ3) is 4.10. The lowest BCUT2D eigenvalue weighted by molar-refractivity contribution is 0.202. The monoisotopic (exact) mass is 301 g/mol. The van der Waals surface area contributed by atoms with Crippen molar-refractivity contribution in [2.45, 2.75) is 39.8 Å². The average molecular weight is 301 g/mol. The Kier molecular flexibility index (Phi) is 5.20. The van der Waals surface area contributed by atoms with Gasteiger partial charge in [0.2, 0.25) is 0 Å². The first-order valence-electron chi connectivity index (χ1n) is 7.52. The fourth-order valence-corrected chi connectivity index (χ4v) is 2.23. The first-order chi connectivity index (χ1) is 10.5. The lowest BCUT2D eigenvalue weighted by atomic mass is 10.1. The predicted molar refractivity (Wildman–Crippen MR) is 85.5 cm³/mol. The van der Waals surface area contributed by atoms with Gasteiger partial charge in [-0.1, -0.05) is 36.3 Å². The van der Waals surface area contributed by atoms with Gasteiger partial charge in [0.1, 0.15) is 11.5 Å². The number of aryl methyl sites for hydroxylation is 2. The summed E-state index contributed by atoms with van der Waals surface area (Å²) in [5, 5.41) is 6.89. The molecule has 0 aliphatic carbocycles. The van der Waals surface area contributed by atoms with E-state index in [0.717, 1.165) is 23.4 Å². The molecule has 1 heterocycles. The Morgan fingerprint density at radius 1 is 1.36 bits per heavy atom. The van der Waals surface area contributed by atoms with Gasteiger partial charge in [-0.05, 0) is 31.4 Å². The van der Waals surface area contributed by atoms with E-state index in [2.05, 4.69) is 41.7 Å². The highest BCUT2D eigenvalue weighted by Crippen LogP contribution is 2.14. The molecular formula is C17H23N3O2. The summed E-state index contributed by atoms with van der Waals surface area (Å²) in [6.07, 6.45) is 1.01. The normalized spacial score (nSPS) is 12.0. The van der Waals surface area contributed by atoms with Gasteiger partial charge in [-0.3, -0.25) is 0 Å². The van der Waals surface area contributed by atoms with Crippen molar-refractivity contribution in [2.24, 2.45) is 0 Å². The van der Waals surface area contributed by atoms with Gasteiger partial charge in [0, 0.05) is 13.1 Å². The molecule has 0 bridgehead atoms. The van der Waals surface area contributed by atoms with Crippen LogP contribution in [-0.2, 0) is 13.0 Å². The largest absolute Gasteiger partial charge is 0.361 e. The van der Waals surface area contributed by atoms with Crippen LogP contribution < -0.4 is 5.32 Å². The third-order valence-corrected chi connectivity index (χ3v) is 3.65. The number of carbonyl (C=O) groups excluding carboxylic acids is 1. The first kappa shape index (κ1) is 16.1. The van der Waals surface area contributed by atoms with Crippen molar-refractivity contribution in [1.29, 1.82) is 0 Å². The predicted octanol–water partition coefficient (Wildman–Crippen LogP) is 3.45. The lowest BCUT2D eigenvalue weighted by Gasteiger charge is -2.21. The minimum atomic E-state index is -0.132. The van der Waals surface area contributed by atoms with Gasteiger partial charge >= 0.3 is 6.03 Å². The van der Waals surface area contributed by atoms with Gasteiger partial charge in [-0.2, -0.15) is 0 Å². The van der Waals surface area contributed by atoms with Crippen molar-refractivity contribution >= 4 is 6.03 Å². The van der Waals surface area contributed by atoms with Gasteiger partial charge in [0.15, 0.2) is 0 Å². The van der Waals surface area contributed by atoms with Crippen LogP contribution in [0.25, 0.3) is 0 Å². The summed E-state index contributed by atoms with van der Waals surface area (Å²) in [5.41, 5.74) is 3.13. The number of benzene rings is 1. The number of nitrogens with one attached hydrogen (secondary N) is 1. The second-order valence-electron chi connectivity index (χ2n) is 5.55. The standard InChI is InChI=1S/C17H23N3O2/c1-5-14-6-8-15(9-7-14)13(3)18-17(21)20(4)11-16-10-12(2)22-19-16/h6-10,13H,5,11H2,1-4H3,(H,18,21). The minimum absolute atomic E-state index is 0.0418. The second-order valence-corrected chi connectivity index (χ2v) is 5.55. The second kappa shape index (κ2) is 7.11. The van der Waals surface area contributed by atoms with Crippen LogP contribution >= 0.6 is 0 Å². The maximum atomic E-state index is 12.2. The smallest absolute Gasteiger partial charge is 0.317 e. The summed E-state index contributed by atoms with van der Waals surface area (Å²) in [7, 11) is 1.74. The molecule has 2 rings (SSSR count). The van der Waals surface area contributed by atoms with Crippen molar-refractivity contribution < 1.29 is 9.32 Å². The molecule has 1 atom stereocenters. The molecule has 0 saturated carbocycles. The van der Waals surface area contributed by atoms with Gasteiger partial charge in [0.05, 0.1) is 12.6 Å². The zero-order valence-electron chi connectivity index (χ0n) is 13.6. The van der Waals surface area contributed by atoms with Gasteiger partial charge in [-0.25, -0.2) is 4.79 Å². The lowest BCUT2D eigenvalue weighted by Crippen LogP contribution is -2.38. The van der Waals surface area contributed by atoms with Gasteiger partial charge in [0.25, 0.3) is 0 Å². The van der Waals surface area contributed by atoms with Crippen LogP contribution in [0.15, 0.2) is 34.9 Å². The van der Waals surface area contributed by atoms with Crippen molar-refractivity contribution in [3.05, 3.63) is 52.9 Å². The number of hydrogen-bond donors (Lipinski definition) is 1. The molecule has 2 aromatic rings. The van der Waals surface area contributed by atoms with Crippen molar-refractivity contribution in [1.82, 2.24) is 15.4 Å². The number of urea groups is 1. The Morgan fingerprint density at radius 2 is 2.05 bits per heavy atom. The summed E-state index contributed by atoms with van der Waals surface area (Å²) < 4.78 is 5.01. The minimum Gasteiger partial charge on any atom is -0.361 e. The topological polar surface area (TPSA) is 58.4 Å². The van der Waals surface area contributed by atoms with Crippen molar-refractivity contribution in [3.63, 3.8) is 0 Å². The molecule has 5 nitrogen and oxygen atoms in total. The number of aromatic nitrogens is 1. The van der Waals surface area contributed by atoms with E-state index >= 15 is 0 Å². The van der Waals surface area contributed by atoms with E-state index in [1.807, 2.05) is 19.9 Å². The molecule has 0 saturated heterocycles. The van der Waals surface area contributed by atoms with Gasteiger partial charge in [-0.15, -0.1) is 0 Å². The van der Waals surface area contributed by atoms with Gasteiger partial charge < -0.3 is 14.7 Å². The van der Waals surface area contributed by atoms with Crippen LogP contribution in [0, 0.1) is 6.92 Å². The van der Waals surface area contributed by atoms with Crippen LogP contribution in [0.5, 0.6) is 0 Å². The van der Waals surface area contributed by atoms with Crippen LogP contribution in [0.3, 0.4) is 0 Å². The number of carbonyl (C=O) groups is 1. The molecular weight excluding hydrogens is 278 g/mol. The third-order valence-electron chi connectivity index (χ3n) is 3.65. The van der Waals surface area contributed by atoms with Crippen LogP contribution in [-0.4, -0.2) is 23.1 Å². The molecule has 1 N–H and O–H groups in total. The molecule has 5 heteroatoms. The van der Waals surface area contributed by atoms with E-state index in [-0.39, 0.29) is 12.1 Å². The number of amides is 2. The maximum Gasteiger partial charge on any atom is 0.317 e. The molecule has 0 aliphatic heterocycles. The summed E-state index contributed by atoms with van der Waals surface area (Å²) in [6, 6.07) is 9.97. The van der Waals surface area contributed by atoms with Crippen molar-refractivity contribution in [2.75, 3.05) is 7.05 Å². The Hall–Kier alpha value is -2.30. The Bertz CT molecular complexity index is 619. The molecule has 0 fully saturated rings. The SMILES string of the molecule is CCc1ccc(C(C)NC(=O)N(C)Cc2cc(C)on2)cc1. The fraction of sp³-hybridized carbons (Fsp3) is 0.412. The summed E-state index contributed by atoms with van der Waals surface area (Å²) in [6.45, 7) is 6.36. The Balaban J connectivity index is 1.91. The first-order valence-corrected chi connectivity index (χ1v) is 7.52. The molecule has 1 unspecified atom stereocenters. The Morgan fingerprint density at radius 3 is 2.59 bits per heavy atom. The van der Waals surface area contributed by atoms with E-state index in [0.29, 0.717) is 6.54 Å². The highest BCUT2D eigenvalue weighted by Gasteiger charge is 2.15. The maximum absolute atomic E-state index is 12.2. The highest BCUT2D eigenvalue weighted by molar-refractivity contribution is 5.74.